The normalized spacial score (nSPS) is 24.4. The molecule has 1 unspecified atom stereocenters. The van der Waals surface area contributed by atoms with E-state index in [-0.39, 0.29) is 55.1 Å². The minimum absolute atomic E-state index is 0.0502. The number of benzene rings is 1. The van der Waals surface area contributed by atoms with E-state index in [1.807, 2.05) is 0 Å². The molecule has 1 aliphatic heterocycles. The van der Waals surface area contributed by atoms with E-state index in [4.69, 9.17) is 0 Å². The summed E-state index contributed by atoms with van der Waals surface area (Å²) < 4.78 is 0. The van der Waals surface area contributed by atoms with E-state index in [1.54, 1.807) is 11.0 Å². The third-order valence-corrected chi connectivity index (χ3v) is 6.73. The number of nitrogens with one attached hydrogen (secondary N) is 1. The number of aliphatic hydroxyl groups is 1. The van der Waals surface area contributed by atoms with Gasteiger partial charge in [0.1, 0.15) is 6.54 Å². The Labute approximate surface area is 175 Å². The van der Waals surface area contributed by atoms with E-state index < -0.39 is 5.97 Å². The topological polar surface area (TPSA) is 110 Å². The van der Waals surface area contributed by atoms with Crippen LogP contribution in [0.5, 0.6) is 0 Å². The Morgan fingerprint density at radius 1 is 1.07 bits per heavy atom. The van der Waals surface area contributed by atoms with Gasteiger partial charge in [0, 0.05) is 18.7 Å². The molecule has 0 radical (unpaired) electrons. The highest BCUT2D eigenvalue weighted by Crippen LogP contribution is 2.39. The summed E-state index contributed by atoms with van der Waals surface area (Å²) in [6.07, 6.45) is 6.90. The molecule has 0 bridgehead atoms. The molecule has 3 N–H and O–H groups in total. The molecule has 162 valence electrons. The van der Waals surface area contributed by atoms with Gasteiger partial charge in [0.15, 0.2) is 0 Å². The quantitative estimate of drug-likeness (QED) is 0.653. The number of fused-ring (bicyclic) bond motifs is 1. The molecule has 1 aromatic rings. The molecule has 8 heteroatoms. The maximum absolute atomic E-state index is 13.1. The lowest BCUT2D eigenvalue weighted by molar-refractivity contribution is -0.123. The Bertz CT molecular complexity index is 838. The summed E-state index contributed by atoms with van der Waals surface area (Å²) in [6.45, 7) is 0.0605. The van der Waals surface area contributed by atoms with Crippen LogP contribution in [0.25, 0.3) is 0 Å². The number of hydrogen-bond acceptors (Lipinski definition) is 5. The van der Waals surface area contributed by atoms with E-state index in [0.717, 1.165) is 44.9 Å². The van der Waals surface area contributed by atoms with E-state index >= 15 is 0 Å². The summed E-state index contributed by atoms with van der Waals surface area (Å²) in [5, 5.41) is 22.3. The zero-order valence-electron chi connectivity index (χ0n) is 17.0. The molecule has 2 atom stereocenters. The first-order valence-corrected chi connectivity index (χ1v) is 10.8. The van der Waals surface area contributed by atoms with Crippen LogP contribution in [0.15, 0.2) is 18.2 Å². The lowest BCUT2D eigenvalue weighted by Crippen LogP contribution is -2.55. The first kappa shape index (κ1) is 20.8. The lowest BCUT2D eigenvalue weighted by atomic mass is 9.85. The van der Waals surface area contributed by atoms with Crippen molar-refractivity contribution in [2.45, 2.75) is 57.0 Å². The predicted octanol–water partition coefficient (Wildman–Crippen LogP) is 1.76. The number of aliphatic hydroxyl groups excluding tert-OH is 1. The summed E-state index contributed by atoms with van der Waals surface area (Å²) in [5.74, 6) is -1.32. The summed E-state index contributed by atoms with van der Waals surface area (Å²) in [6, 6.07) is 4.81. The van der Waals surface area contributed by atoms with Gasteiger partial charge in [0.2, 0.25) is 11.8 Å². The largest absolute Gasteiger partial charge is 0.478 e. The molecule has 30 heavy (non-hydrogen) atoms. The van der Waals surface area contributed by atoms with Gasteiger partial charge in [-0.1, -0.05) is 12.8 Å². The Balaban J connectivity index is 1.56. The van der Waals surface area contributed by atoms with Gasteiger partial charge in [-0.15, -0.1) is 0 Å². The highest BCUT2D eigenvalue weighted by Gasteiger charge is 2.39. The lowest BCUT2D eigenvalue weighted by Gasteiger charge is -2.43. The summed E-state index contributed by atoms with van der Waals surface area (Å²) in [7, 11) is 0. The minimum atomic E-state index is -1.07. The molecular weight excluding hydrogens is 386 g/mol. The average Bonchev–Trinajstić information content (AvgIpc) is 2.72. The van der Waals surface area contributed by atoms with Crippen molar-refractivity contribution >= 4 is 29.2 Å². The smallest absolute Gasteiger partial charge is 0.335 e. The third-order valence-electron chi connectivity index (χ3n) is 6.73. The molecule has 0 saturated heterocycles. The molecule has 2 saturated carbocycles. The number of nitrogens with zero attached hydrogens (tertiary/aromatic N) is 2. The number of aromatic carboxylic acids is 1. The van der Waals surface area contributed by atoms with Crippen molar-refractivity contribution < 1.29 is 24.6 Å². The number of carboxylic acid groups (broad SMARTS) is 1. The van der Waals surface area contributed by atoms with E-state index in [2.05, 4.69) is 5.32 Å². The van der Waals surface area contributed by atoms with Crippen LogP contribution in [-0.4, -0.2) is 59.8 Å². The van der Waals surface area contributed by atoms with Crippen LogP contribution in [0.3, 0.4) is 0 Å². The molecule has 3 aliphatic rings. The van der Waals surface area contributed by atoms with Crippen molar-refractivity contribution in [3.8, 4) is 0 Å². The molecular formula is C22H29N3O5. The molecule has 2 fully saturated rings. The maximum Gasteiger partial charge on any atom is 0.335 e. The van der Waals surface area contributed by atoms with Gasteiger partial charge in [-0.2, -0.15) is 0 Å². The number of amides is 2. The zero-order valence-corrected chi connectivity index (χ0v) is 17.0. The molecule has 0 aromatic heterocycles. The fourth-order valence-electron chi connectivity index (χ4n) is 4.78. The van der Waals surface area contributed by atoms with Crippen molar-refractivity contribution in [3.63, 3.8) is 0 Å². The number of hydrogen-bond donors (Lipinski definition) is 3. The second-order valence-electron chi connectivity index (χ2n) is 8.55. The Morgan fingerprint density at radius 3 is 2.50 bits per heavy atom. The van der Waals surface area contributed by atoms with Gasteiger partial charge in [-0.05, 0) is 56.2 Å². The van der Waals surface area contributed by atoms with Crippen molar-refractivity contribution in [1.29, 1.82) is 0 Å². The second-order valence-corrected chi connectivity index (χ2v) is 8.55. The number of carbonyl (C=O) groups is 3. The molecule has 0 spiro atoms. The van der Waals surface area contributed by atoms with E-state index in [9.17, 15) is 24.6 Å². The highest BCUT2D eigenvalue weighted by atomic mass is 16.4. The Kier molecular flexibility index (Phi) is 6.06. The van der Waals surface area contributed by atoms with Crippen LogP contribution in [0.2, 0.25) is 0 Å². The van der Waals surface area contributed by atoms with Gasteiger partial charge in [0.05, 0.1) is 23.5 Å². The molecule has 2 aliphatic carbocycles. The molecule has 1 heterocycles. The van der Waals surface area contributed by atoms with Gasteiger partial charge in [-0.3, -0.25) is 14.5 Å². The monoisotopic (exact) mass is 415 g/mol. The Morgan fingerprint density at radius 2 is 1.83 bits per heavy atom. The van der Waals surface area contributed by atoms with Gasteiger partial charge >= 0.3 is 5.97 Å². The predicted molar refractivity (Wildman–Crippen MR) is 112 cm³/mol. The number of rotatable bonds is 6. The third kappa shape index (κ3) is 3.94. The maximum atomic E-state index is 13.1. The summed E-state index contributed by atoms with van der Waals surface area (Å²) >= 11 is 0. The first-order chi connectivity index (χ1) is 14.5. The van der Waals surface area contributed by atoms with Crippen LogP contribution >= 0.6 is 0 Å². The van der Waals surface area contributed by atoms with Crippen molar-refractivity contribution in [2.24, 2.45) is 5.92 Å². The van der Waals surface area contributed by atoms with Crippen LogP contribution in [0, 0.1) is 5.92 Å². The van der Waals surface area contributed by atoms with Crippen LogP contribution in [0.1, 0.15) is 55.3 Å². The zero-order chi connectivity index (χ0) is 21.3. The highest BCUT2D eigenvalue weighted by molar-refractivity contribution is 6.12. The fourth-order valence-corrected chi connectivity index (χ4v) is 4.78. The Hall–Kier alpha value is -2.45. The molecule has 8 nitrogen and oxygen atoms in total. The molecule has 2 amide bonds. The van der Waals surface area contributed by atoms with E-state index in [0.29, 0.717) is 11.4 Å². The SMILES string of the molecule is O=C(O)c1ccc2c(c1)N(C(=O)CNC1CCCC[C@H]1CO)CC(=O)N2C1CCC1. The number of carbonyl (C=O) groups excluding carboxylic acids is 2. The standard InChI is InChI=1S/C22H29N3O5/c26-13-15-4-1-2-7-17(15)23-11-20(27)24-12-21(28)25(16-5-3-6-16)18-9-8-14(22(29)30)10-19(18)24/h8-10,15-17,23,26H,1-7,11-13H2,(H,29,30)/t15-,17?/m0/s1. The van der Waals surface area contributed by atoms with Gasteiger partial charge in [-0.25, -0.2) is 4.79 Å². The molecule has 1 aromatic carbocycles. The van der Waals surface area contributed by atoms with Crippen molar-refractivity contribution in [2.75, 3.05) is 29.5 Å². The van der Waals surface area contributed by atoms with E-state index in [1.165, 1.54) is 17.0 Å². The van der Waals surface area contributed by atoms with Crippen LogP contribution in [-0.2, 0) is 9.59 Å². The summed E-state index contributed by atoms with van der Waals surface area (Å²) in [4.78, 5) is 40.6. The minimum Gasteiger partial charge on any atom is -0.478 e. The van der Waals surface area contributed by atoms with Crippen LogP contribution in [0.4, 0.5) is 11.4 Å². The molecule has 4 rings (SSSR count). The van der Waals surface area contributed by atoms with Crippen LogP contribution < -0.4 is 15.1 Å². The van der Waals surface area contributed by atoms with Crippen molar-refractivity contribution in [1.82, 2.24) is 5.32 Å². The second kappa shape index (κ2) is 8.73. The van der Waals surface area contributed by atoms with Gasteiger partial charge in [0.25, 0.3) is 0 Å². The summed E-state index contributed by atoms with van der Waals surface area (Å²) in [5.41, 5.74) is 1.19. The number of carboxylic acids is 1. The first-order valence-electron chi connectivity index (χ1n) is 10.8. The average molecular weight is 415 g/mol. The fraction of sp³-hybridized carbons (Fsp3) is 0.591. The van der Waals surface area contributed by atoms with Gasteiger partial charge < -0.3 is 20.4 Å². The van der Waals surface area contributed by atoms with Crippen molar-refractivity contribution in [3.05, 3.63) is 23.8 Å². The number of anilines is 2.